The lowest BCUT2D eigenvalue weighted by Crippen LogP contribution is -2.55. The van der Waals surface area contributed by atoms with Gasteiger partial charge in [-0.3, -0.25) is 13.9 Å². The van der Waals surface area contributed by atoms with E-state index in [4.69, 9.17) is 31.5 Å². The van der Waals surface area contributed by atoms with Gasteiger partial charge in [-0.1, -0.05) is 23.7 Å². The summed E-state index contributed by atoms with van der Waals surface area (Å²) >= 11 is 6.26. The molecule has 2 unspecified atom stereocenters. The first-order valence-electron chi connectivity index (χ1n) is 13.0. The molecule has 0 saturated carbocycles. The number of anilines is 1. The van der Waals surface area contributed by atoms with Gasteiger partial charge in [-0.2, -0.15) is 0 Å². The predicted octanol–water partition coefficient (Wildman–Crippen LogP) is 2.74. The number of benzene rings is 2. The normalized spacial score (nSPS) is 19.6. The lowest BCUT2D eigenvalue weighted by molar-refractivity contribution is 0.00581. The van der Waals surface area contributed by atoms with Crippen molar-refractivity contribution >= 4 is 34.2 Å². The Hall–Kier alpha value is -3.21. The predicted molar refractivity (Wildman–Crippen MR) is 146 cm³/mol. The monoisotopic (exact) mass is 543 g/mol. The summed E-state index contributed by atoms with van der Waals surface area (Å²) in [4.78, 5) is 28.5. The van der Waals surface area contributed by atoms with Gasteiger partial charge in [-0.15, -0.1) is 0 Å². The Bertz CT molecular complexity index is 1390. The zero-order chi connectivity index (χ0) is 26.8. The molecule has 5 rings (SSSR count). The number of imidazole rings is 1. The van der Waals surface area contributed by atoms with Gasteiger partial charge in [0.05, 0.1) is 39.5 Å². The van der Waals surface area contributed by atoms with Crippen LogP contribution in [0.2, 0.25) is 5.02 Å². The molecule has 38 heavy (non-hydrogen) atoms. The number of methoxy groups -OCH3 is 1. The van der Waals surface area contributed by atoms with Gasteiger partial charge in [0, 0.05) is 33.3 Å². The van der Waals surface area contributed by atoms with Gasteiger partial charge in [-0.25, -0.2) is 4.79 Å². The van der Waals surface area contributed by atoms with E-state index in [1.165, 1.54) is 6.07 Å². The highest BCUT2D eigenvalue weighted by atomic mass is 35.5. The summed E-state index contributed by atoms with van der Waals surface area (Å²) in [6.45, 7) is 6.26. The maximum Gasteiger partial charge on any atom is 0.329 e. The fourth-order valence-electron chi connectivity index (χ4n) is 5.45. The maximum atomic E-state index is 13.2. The Balaban J connectivity index is 1.21. The van der Waals surface area contributed by atoms with Crippen molar-refractivity contribution in [2.24, 2.45) is 0 Å². The first-order valence-corrected chi connectivity index (χ1v) is 13.4. The Morgan fingerprint density at radius 1 is 1.16 bits per heavy atom. The summed E-state index contributed by atoms with van der Waals surface area (Å²) in [7, 11) is 1.66. The van der Waals surface area contributed by atoms with Gasteiger partial charge in [0.1, 0.15) is 13.2 Å². The van der Waals surface area contributed by atoms with E-state index in [9.17, 15) is 9.59 Å². The number of nitrogen functional groups attached to an aromatic ring is 1. The van der Waals surface area contributed by atoms with E-state index in [-0.39, 0.29) is 34.5 Å². The highest BCUT2D eigenvalue weighted by Crippen LogP contribution is 2.43. The van der Waals surface area contributed by atoms with Crippen molar-refractivity contribution in [3.8, 4) is 11.5 Å². The van der Waals surface area contributed by atoms with Gasteiger partial charge >= 0.3 is 5.69 Å². The molecule has 3 N–H and O–H groups in total. The SMILES string of the molecule is CCn1c(=O)n(CCCN2CCC(NC(=O)c3cc(Cl)c(N)c4c3OCCO4)C(OC)C2)c2ccccc21. The third-order valence-corrected chi connectivity index (χ3v) is 7.72. The number of carbonyl (C=O) groups excluding carboxylic acids is 1. The van der Waals surface area contributed by atoms with Crippen LogP contribution in [0, 0.1) is 0 Å². The topological polar surface area (TPSA) is 113 Å². The van der Waals surface area contributed by atoms with E-state index in [1.54, 1.807) is 7.11 Å². The average Bonchev–Trinajstić information content (AvgIpc) is 3.21. The number of rotatable bonds is 8. The number of carbonyl (C=O) groups is 1. The highest BCUT2D eigenvalue weighted by molar-refractivity contribution is 6.34. The number of aryl methyl sites for hydroxylation is 2. The van der Waals surface area contributed by atoms with E-state index in [0.717, 1.165) is 37.0 Å². The average molecular weight is 544 g/mol. The van der Waals surface area contributed by atoms with E-state index >= 15 is 0 Å². The summed E-state index contributed by atoms with van der Waals surface area (Å²) in [5, 5.41) is 3.35. The molecule has 0 spiro atoms. The molecule has 0 aliphatic carbocycles. The standard InChI is InChI=1S/C27H34ClN5O5/c1-3-32-20-7-4-5-8-21(20)33(27(32)35)11-6-10-31-12-9-19(22(16-31)36-2)30-26(34)17-15-18(28)23(29)25-24(17)37-13-14-38-25/h4-5,7-8,15,19,22H,3,6,9-14,16,29H2,1-2H3,(H,30,34). The lowest BCUT2D eigenvalue weighted by Gasteiger charge is -2.38. The molecular formula is C27H34ClN5O5. The van der Waals surface area contributed by atoms with Crippen LogP contribution in [-0.2, 0) is 17.8 Å². The largest absolute Gasteiger partial charge is 0.485 e. The maximum absolute atomic E-state index is 13.2. The fourth-order valence-corrected chi connectivity index (χ4v) is 5.64. The number of nitrogens with two attached hydrogens (primary N) is 1. The molecule has 1 fully saturated rings. The molecule has 2 atom stereocenters. The van der Waals surface area contributed by atoms with E-state index in [0.29, 0.717) is 49.9 Å². The number of aromatic nitrogens is 2. The Labute approximate surface area is 226 Å². The van der Waals surface area contributed by atoms with Gasteiger partial charge in [0.25, 0.3) is 5.91 Å². The van der Waals surface area contributed by atoms with Crippen molar-refractivity contribution in [3.05, 3.63) is 51.4 Å². The minimum atomic E-state index is -0.305. The fraction of sp³-hybridized carbons (Fsp3) is 0.481. The highest BCUT2D eigenvalue weighted by Gasteiger charge is 2.32. The zero-order valence-electron chi connectivity index (χ0n) is 21.7. The van der Waals surface area contributed by atoms with Crippen LogP contribution in [0.25, 0.3) is 11.0 Å². The number of nitrogens with one attached hydrogen (secondary N) is 1. The molecule has 0 radical (unpaired) electrons. The number of para-hydroxylation sites is 2. The Morgan fingerprint density at radius 3 is 2.58 bits per heavy atom. The van der Waals surface area contributed by atoms with Crippen LogP contribution in [0.3, 0.4) is 0 Å². The van der Waals surface area contributed by atoms with Crippen molar-refractivity contribution in [2.45, 2.75) is 45.0 Å². The van der Waals surface area contributed by atoms with Crippen molar-refractivity contribution in [3.63, 3.8) is 0 Å². The van der Waals surface area contributed by atoms with Crippen LogP contribution in [0.15, 0.2) is 35.1 Å². The molecular weight excluding hydrogens is 510 g/mol. The smallest absolute Gasteiger partial charge is 0.329 e. The van der Waals surface area contributed by atoms with Crippen LogP contribution in [0.5, 0.6) is 11.5 Å². The summed E-state index contributed by atoms with van der Waals surface area (Å²) in [5.41, 5.74) is 8.56. The molecule has 1 amide bonds. The van der Waals surface area contributed by atoms with Crippen LogP contribution in [-0.4, -0.2) is 72.0 Å². The van der Waals surface area contributed by atoms with Crippen molar-refractivity contribution in [2.75, 3.05) is 45.7 Å². The second-order valence-corrected chi connectivity index (χ2v) is 10.0. The molecule has 3 heterocycles. The summed E-state index contributed by atoms with van der Waals surface area (Å²) in [6, 6.07) is 9.27. The molecule has 11 heteroatoms. The number of amides is 1. The third kappa shape index (κ3) is 4.95. The zero-order valence-corrected chi connectivity index (χ0v) is 22.5. The molecule has 10 nitrogen and oxygen atoms in total. The number of likely N-dealkylation sites (tertiary alicyclic amines) is 1. The minimum absolute atomic E-state index is 0.0317. The van der Waals surface area contributed by atoms with Crippen LogP contribution >= 0.6 is 11.6 Å². The first kappa shape index (κ1) is 26.4. The van der Waals surface area contributed by atoms with Crippen molar-refractivity contribution < 1.29 is 19.0 Å². The lowest BCUT2D eigenvalue weighted by atomic mass is 10.0. The number of halogens is 1. The number of hydrogen-bond donors (Lipinski definition) is 2. The van der Waals surface area contributed by atoms with Gasteiger partial charge < -0.3 is 30.2 Å². The molecule has 3 aromatic rings. The number of hydrogen-bond acceptors (Lipinski definition) is 7. The van der Waals surface area contributed by atoms with E-state index in [2.05, 4.69) is 10.2 Å². The number of ether oxygens (including phenoxy) is 3. The van der Waals surface area contributed by atoms with Crippen LogP contribution in [0.4, 0.5) is 5.69 Å². The van der Waals surface area contributed by atoms with Gasteiger partial charge in [-0.05, 0) is 44.5 Å². The number of fused-ring (bicyclic) bond motifs is 2. The summed E-state index contributed by atoms with van der Waals surface area (Å²) in [5.74, 6) is 0.329. The van der Waals surface area contributed by atoms with E-state index < -0.39 is 0 Å². The third-order valence-electron chi connectivity index (χ3n) is 7.40. The molecule has 1 saturated heterocycles. The summed E-state index contributed by atoms with van der Waals surface area (Å²) < 4.78 is 20.8. The number of piperidine rings is 1. The molecule has 204 valence electrons. The molecule has 0 bridgehead atoms. The van der Waals surface area contributed by atoms with Crippen molar-refractivity contribution in [1.29, 1.82) is 0 Å². The quantitative estimate of drug-likeness (QED) is 0.420. The minimum Gasteiger partial charge on any atom is -0.485 e. The van der Waals surface area contributed by atoms with Crippen molar-refractivity contribution in [1.82, 2.24) is 19.4 Å². The van der Waals surface area contributed by atoms with Gasteiger partial charge in [0.15, 0.2) is 11.5 Å². The molecule has 2 aliphatic rings. The first-order chi connectivity index (χ1) is 18.4. The molecule has 2 aromatic carbocycles. The Kier molecular flexibility index (Phi) is 7.83. The molecule has 1 aromatic heterocycles. The molecule has 2 aliphatic heterocycles. The summed E-state index contributed by atoms with van der Waals surface area (Å²) in [6.07, 6.45) is 1.37. The second-order valence-electron chi connectivity index (χ2n) is 9.64. The number of nitrogens with zero attached hydrogens (tertiary/aromatic N) is 3. The van der Waals surface area contributed by atoms with E-state index in [1.807, 2.05) is 40.3 Å². The van der Waals surface area contributed by atoms with Gasteiger partial charge in [0.2, 0.25) is 0 Å². The Morgan fingerprint density at radius 2 is 1.87 bits per heavy atom. The van der Waals surface area contributed by atoms with Crippen LogP contribution < -0.4 is 26.2 Å². The second kappa shape index (κ2) is 11.3. The van der Waals surface area contributed by atoms with Crippen LogP contribution in [0.1, 0.15) is 30.1 Å².